The van der Waals surface area contributed by atoms with Crippen LogP contribution < -0.4 is 15.5 Å². The lowest BCUT2D eigenvalue weighted by atomic mass is 10.0. The maximum atomic E-state index is 15.0. The minimum atomic E-state index is -1.08. The highest BCUT2D eigenvalue weighted by Gasteiger charge is 2.34. The molecule has 1 saturated heterocycles. The lowest BCUT2D eigenvalue weighted by molar-refractivity contribution is -0.121. The van der Waals surface area contributed by atoms with Crippen molar-refractivity contribution in [3.05, 3.63) is 48.0 Å². The van der Waals surface area contributed by atoms with Gasteiger partial charge >= 0.3 is 0 Å². The van der Waals surface area contributed by atoms with Gasteiger partial charge in [0.15, 0.2) is 11.6 Å². The van der Waals surface area contributed by atoms with Crippen LogP contribution in [0.1, 0.15) is 13.3 Å². The summed E-state index contributed by atoms with van der Waals surface area (Å²) in [4.78, 5) is 24.1. The van der Waals surface area contributed by atoms with Crippen molar-refractivity contribution in [1.29, 1.82) is 0 Å². The van der Waals surface area contributed by atoms with Gasteiger partial charge in [-0.05, 0) is 37.7 Å². The molecule has 1 aliphatic heterocycles. The Morgan fingerprint density at radius 1 is 1.21 bits per heavy atom. The number of halogens is 2. The van der Waals surface area contributed by atoms with Crippen LogP contribution in [0.2, 0.25) is 0 Å². The van der Waals surface area contributed by atoms with E-state index >= 15 is 0 Å². The van der Waals surface area contributed by atoms with Crippen LogP contribution in [0.15, 0.2) is 36.4 Å². The zero-order chi connectivity index (χ0) is 20.3. The Labute approximate surface area is 163 Å². The summed E-state index contributed by atoms with van der Waals surface area (Å²) >= 11 is 0. The largest absolute Gasteiger partial charge is 0.355 e. The van der Waals surface area contributed by atoms with E-state index < -0.39 is 31.7 Å². The summed E-state index contributed by atoms with van der Waals surface area (Å²) in [6.07, 6.45) is 0.780. The van der Waals surface area contributed by atoms with Crippen molar-refractivity contribution in [2.45, 2.75) is 19.4 Å². The first-order valence-electron chi connectivity index (χ1n) is 8.94. The number of hydrogen-bond donors (Lipinski definition) is 1. The summed E-state index contributed by atoms with van der Waals surface area (Å²) in [5, 5.41) is 3.21. The third-order valence-corrected chi connectivity index (χ3v) is 6.40. The van der Waals surface area contributed by atoms with Crippen molar-refractivity contribution in [2.75, 3.05) is 24.7 Å². The Balaban J connectivity index is 1.99. The van der Waals surface area contributed by atoms with E-state index in [2.05, 4.69) is 5.32 Å². The highest BCUT2D eigenvalue weighted by atomic mass is 31.1. The molecule has 2 amide bonds. The Morgan fingerprint density at radius 2 is 1.96 bits per heavy atom. The summed E-state index contributed by atoms with van der Waals surface area (Å²) in [6, 6.07) is 9.36. The first kappa shape index (κ1) is 20.4. The second-order valence-corrected chi connectivity index (χ2v) is 8.04. The van der Waals surface area contributed by atoms with Gasteiger partial charge in [0.2, 0.25) is 12.3 Å². The fourth-order valence-corrected chi connectivity index (χ4v) is 4.71. The number of rotatable bonds is 7. The standard InChI is InChI=1S/C20H21F2N2O3P/c1-3-27-28(2)17-7-5-4-6-13(17)14-8-9-16(19(22)18(14)21)24-11-10-15(20(24)26)23-12-25/h4-9,12,15H,3,10-11H2,1-2H3,(H,23,25). The smallest absolute Gasteiger partial charge is 0.249 e. The second kappa shape index (κ2) is 8.76. The molecule has 1 N–H and O–H groups in total. The van der Waals surface area contributed by atoms with E-state index in [1.54, 1.807) is 12.1 Å². The Bertz CT molecular complexity index is 894. The molecule has 0 radical (unpaired) electrons. The molecule has 2 aromatic carbocycles. The fourth-order valence-electron chi connectivity index (χ4n) is 3.35. The second-order valence-electron chi connectivity index (χ2n) is 6.31. The summed E-state index contributed by atoms with van der Waals surface area (Å²) in [5.41, 5.74) is 0.573. The van der Waals surface area contributed by atoms with E-state index in [1.165, 1.54) is 17.0 Å². The number of nitrogens with one attached hydrogen (secondary N) is 1. The van der Waals surface area contributed by atoms with E-state index in [-0.39, 0.29) is 17.8 Å². The van der Waals surface area contributed by atoms with Crippen molar-refractivity contribution >= 4 is 31.5 Å². The van der Waals surface area contributed by atoms with Crippen molar-refractivity contribution < 1.29 is 22.9 Å². The number of amides is 2. The molecule has 0 spiro atoms. The van der Waals surface area contributed by atoms with E-state index in [1.807, 2.05) is 25.7 Å². The summed E-state index contributed by atoms with van der Waals surface area (Å²) < 4.78 is 35.5. The van der Waals surface area contributed by atoms with Gasteiger partial charge in [0.1, 0.15) is 6.04 Å². The topological polar surface area (TPSA) is 58.6 Å². The highest BCUT2D eigenvalue weighted by Crippen LogP contribution is 2.38. The molecule has 0 aromatic heterocycles. The van der Waals surface area contributed by atoms with Crippen molar-refractivity contribution in [3.8, 4) is 11.1 Å². The van der Waals surface area contributed by atoms with Gasteiger partial charge in [-0.1, -0.05) is 24.3 Å². The lowest BCUT2D eigenvalue weighted by Crippen LogP contribution is -2.38. The number of anilines is 1. The molecule has 1 aliphatic rings. The summed E-state index contributed by atoms with van der Waals surface area (Å²) in [6.45, 7) is 4.54. The highest BCUT2D eigenvalue weighted by molar-refractivity contribution is 7.60. The summed E-state index contributed by atoms with van der Waals surface area (Å²) in [7, 11) is -0.971. The molecule has 1 fully saturated rings. The van der Waals surface area contributed by atoms with Gasteiger partial charge in [-0.2, -0.15) is 0 Å². The third kappa shape index (κ3) is 3.77. The minimum Gasteiger partial charge on any atom is -0.355 e. The van der Waals surface area contributed by atoms with Crippen LogP contribution in [-0.2, 0) is 14.1 Å². The zero-order valence-electron chi connectivity index (χ0n) is 15.6. The van der Waals surface area contributed by atoms with Crippen LogP contribution in [0.3, 0.4) is 0 Å². The van der Waals surface area contributed by atoms with E-state index in [4.69, 9.17) is 4.52 Å². The number of carbonyl (C=O) groups excluding carboxylic acids is 2. The molecule has 5 nitrogen and oxygen atoms in total. The molecule has 28 heavy (non-hydrogen) atoms. The first-order valence-corrected chi connectivity index (χ1v) is 10.6. The predicted octanol–water partition coefficient (Wildman–Crippen LogP) is 3.17. The van der Waals surface area contributed by atoms with Crippen molar-refractivity contribution in [2.24, 2.45) is 0 Å². The van der Waals surface area contributed by atoms with E-state index in [0.717, 1.165) is 5.30 Å². The molecule has 8 heteroatoms. The van der Waals surface area contributed by atoms with Gasteiger partial charge in [0, 0.05) is 24.0 Å². The molecule has 2 aromatic rings. The van der Waals surface area contributed by atoms with Crippen LogP contribution in [0, 0.1) is 11.6 Å². The summed E-state index contributed by atoms with van der Waals surface area (Å²) in [5.74, 6) is -2.54. The van der Waals surface area contributed by atoms with Crippen LogP contribution in [0.5, 0.6) is 0 Å². The number of hydrogen-bond acceptors (Lipinski definition) is 3. The average molecular weight is 406 g/mol. The van der Waals surface area contributed by atoms with Gasteiger partial charge in [0.25, 0.3) is 0 Å². The molecular weight excluding hydrogens is 385 g/mol. The molecule has 0 bridgehead atoms. The molecule has 0 aliphatic carbocycles. The quantitative estimate of drug-likeness (QED) is 0.568. The number of carbonyl (C=O) groups is 2. The molecule has 2 unspecified atom stereocenters. The normalized spacial score (nSPS) is 17.6. The van der Waals surface area contributed by atoms with Crippen LogP contribution in [0.25, 0.3) is 11.1 Å². The SMILES string of the molecule is CCOP(C)c1ccccc1-c1ccc(N2CCC(NC=O)C2=O)c(F)c1F. The van der Waals surface area contributed by atoms with Gasteiger partial charge < -0.3 is 14.7 Å². The number of nitrogens with zero attached hydrogens (tertiary/aromatic N) is 1. The van der Waals surface area contributed by atoms with Crippen LogP contribution >= 0.6 is 8.15 Å². The molecule has 2 atom stereocenters. The van der Waals surface area contributed by atoms with Gasteiger partial charge in [0.05, 0.1) is 13.8 Å². The molecule has 3 rings (SSSR count). The molecular formula is C20H21F2N2O3P. The molecule has 1 heterocycles. The first-order chi connectivity index (χ1) is 13.5. The molecule has 148 valence electrons. The predicted molar refractivity (Wildman–Crippen MR) is 106 cm³/mol. The lowest BCUT2D eigenvalue weighted by Gasteiger charge is -2.20. The van der Waals surface area contributed by atoms with Gasteiger partial charge in [-0.3, -0.25) is 9.59 Å². The van der Waals surface area contributed by atoms with Crippen molar-refractivity contribution in [3.63, 3.8) is 0 Å². The van der Waals surface area contributed by atoms with Crippen molar-refractivity contribution in [1.82, 2.24) is 5.32 Å². The fraction of sp³-hybridized carbons (Fsp3) is 0.300. The Kier molecular flexibility index (Phi) is 6.37. The minimum absolute atomic E-state index is 0.123. The zero-order valence-corrected chi connectivity index (χ0v) is 16.5. The average Bonchev–Trinajstić information content (AvgIpc) is 3.05. The Morgan fingerprint density at radius 3 is 2.68 bits per heavy atom. The number of benzene rings is 2. The van der Waals surface area contributed by atoms with Crippen LogP contribution in [-0.4, -0.2) is 38.2 Å². The maximum Gasteiger partial charge on any atom is 0.249 e. The Hall–Kier alpha value is -2.37. The third-order valence-electron chi connectivity index (χ3n) is 4.68. The van der Waals surface area contributed by atoms with Gasteiger partial charge in [-0.15, -0.1) is 0 Å². The monoisotopic (exact) mass is 406 g/mol. The molecule has 0 saturated carbocycles. The van der Waals surface area contributed by atoms with Gasteiger partial charge in [-0.25, -0.2) is 8.78 Å². The van der Waals surface area contributed by atoms with E-state index in [9.17, 15) is 18.4 Å². The van der Waals surface area contributed by atoms with E-state index in [0.29, 0.717) is 25.0 Å². The van der Waals surface area contributed by atoms with Crippen LogP contribution in [0.4, 0.5) is 14.5 Å². The maximum absolute atomic E-state index is 15.0.